The number of para-hydroxylation sites is 1. The number of rotatable bonds is 6. The molecule has 6 heteroatoms. The maximum atomic E-state index is 12.6. The van der Waals surface area contributed by atoms with Crippen molar-refractivity contribution in [1.29, 1.82) is 0 Å². The Morgan fingerprint density at radius 1 is 1.25 bits per heavy atom. The summed E-state index contributed by atoms with van der Waals surface area (Å²) in [6.45, 7) is 6.59. The monoisotopic (exact) mass is 378 g/mol. The number of pyridine rings is 1. The summed E-state index contributed by atoms with van der Waals surface area (Å²) in [7, 11) is 0. The molecule has 1 amide bonds. The zero-order valence-electron chi connectivity index (χ0n) is 16.5. The van der Waals surface area contributed by atoms with Gasteiger partial charge in [0, 0.05) is 32.3 Å². The lowest BCUT2D eigenvalue weighted by molar-refractivity contribution is -0.132. The summed E-state index contributed by atoms with van der Waals surface area (Å²) in [6, 6.07) is 11.7. The van der Waals surface area contributed by atoms with E-state index in [2.05, 4.69) is 16.5 Å². The summed E-state index contributed by atoms with van der Waals surface area (Å²) in [4.78, 5) is 23.7. The molecule has 1 saturated heterocycles. The maximum Gasteiger partial charge on any atom is 0.260 e. The Morgan fingerprint density at radius 2 is 2.11 bits per heavy atom. The molecule has 0 spiro atoms. The van der Waals surface area contributed by atoms with Gasteiger partial charge in [0.05, 0.1) is 0 Å². The number of carbonyl (C=O) groups is 1. The highest BCUT2D eigenvalue weighted by molar-refractivity contribution is 5.78. The number of imidazole rings is 1. The van der Waals surface area contributed by atoms with Gasteiger partial charge in [0.2, 0.25) is 0 Å². The molecule has 4 rings (SSSR count). The fourth-order valence-electron chi connectivity index (χ4n) is 3.93. The summed E-state index contributed by atoms with van der Waals surface area (Å²) in [6.07, 6.45) is 3.67. The van der Waals surface area contributed by atoms with E-state index in [4.69, 9.17) is 9.72 Å². The van der Waals surface area contributed by atoms with Crippen LogP contribution in [-0.2, 0) is 17.8 Å². The van der Waals surface area contributed by atoms with Gasteiger partial charge in [-0.05, 0) is 49.9 Å². The molecule has 0 saturated carbocycles. The number of nitrogens with zero attached hydrogens (tertiary/aromatic N) is 4. The predicted molar refractivity (Wildman–Crippen MR) is 108 cm³/mol. The average Bonchev–Trinajstić information content (AvgIpc) is 3.31. The minimum atomic E-state index is 0.0522. The van der Waals surface area contributed by atoms with Gasteiger partial charge in [0.25, 0.3) is 5.91 Å². The van der Waals surface area contributed by atoms with Crippen molar-refractivity contribution in [2.45, 2.75) is 33.2 Å². The SMILES string of the molecule is CCn1c(C[C@@H]2CCN(C(=O)COc3ccccc3C)C2)nc2cccnc21. The van der Waals surface area contributed by atoms with Crippen molar-refractivity contribution in [3.05, 3.63) is 54.0 Å². The van der Waals surface area contributed by atoms with Crippen molar-refractivity contribution in [2.24, 2.45) is 5.92 Å². The molecule has 6 nitrogen and oxygen atoms in total. The van der Waals surface area contributed by atoms with Gasteiger partial charge in [-0.25, -0.2) is 9.97 Å². The number of benzene rings is 1. The Morgan fingerprint density at radius 3 is 2.93 bits per heavy atom. The van der Waals surface area contributed by atoms with Crippen LogP contribution in [0.1, 0.15) is 24.7 Å². The summed E-state index contributed by atoms with van der Waals surface area (Å²) in [5.41, 5.74) is 2.93. The van der Waals surface area contributed by atoms with E-state index >= 15 is 0 Å². The highest BCUT2D eigenvalue weighted by atomic mass is 16.5. The van der Waals surface area contributed by atoms with Crippen LogP contribution >= 0.6 is 0 Å². The molecule has 1 aliphatic heterocycles. The summed E-state index contributed by atoms with van der Waals surface area (Å²) in [5.74, 6) is 2.31. The first-order valence-corrected chi connectivity index (χ1v) is 9.92. The van der Waals surface area contributed by atoms with Crippen molar-refractivity contribution in [2.75, 3.05) is 19.7 Å². The first-order valence-electron chi connectivity index (χ1n) is 9.92. The van der Waals surface area contributed by atoms with Gasteiger partial charge in [0.15, 0.2) is 12.3 Å². The second-order valence-electron chi connectivity index (χ2n) is 7.37. The average molecular weight is 378 g/mol. The van der Waals surface area contributed by atoms with Gasteiger partial charge in [-0.3, -0.25) is 4.79 Å². The standard InChI is InChI=1S/C22H26N4O2/c1-3-26-20(24-18-8-6-11-23-22(18)26)13-17-10-12-25(14-17)21(27)15-28-19-9-5-4-7-16(19)2/h4-9,11,17H,3,10,12-15H2,1-2H3/t17-/m0/s1. The minimum Gasteiger partial charge on any atom is -0.484 e. The molecule has 0 aliphatic carbocycles. The first kappa shape index (κ1) is 18.5. The smallest absolute Gasteiger partial charge is 0.260 e. The molecule has 3 aromatic rings. The lowest BCUT2D eigenvalue weighted by Crippen LogP contribution is -2.33. The Balaban J connectivity index is 1.37. The number of aryl methyl sites for hydroxylation is 2. The van der Waals surface area contributed by atoms with Gasteiger partial charge < -0.3 is 14.2 Å². The quantitative estimate of drug-likeness (QED) is 0.661. The first-order chi connectivity index (χ1) is 13.7. The number of hydrogen-bond acceptors (Lipinski definition) is 4. The van der Waals surface area contributed by atoms with Crippen molar-refractivity contribution < 1.29 is 9.53 Å². The number of ether oxygens (including phenoxy) is 1. The number of likely N-dealkylation sites (tertiary alicyclic amines) is 1. The Kier molecular flexibility index (Phi) is 5.28. The van der Waals surface area contributed by atoms with Crippen LogP contribution in [0.15, 0.2) is 42.6 Å². The lowest BCUT2D eigenvalue weighted by atomic mass is 10.0. The zero-order valence-corrected chi connectivity index (χ0v) is 16.5. The Hall–Kier alpha value is -2.89. The second kappa shape index (κ2) is 8.00. The molecule has 2 aromatic heterocycles. The van der Waals surface area contributed by atoms with Crippen molar-refractivity contribution in [1.82, 2.24) is 19.4 Å². The van der Waals surface area contributed by atoms with Gasteiger partial charge in [0.1, 0.15) is 17.1 Å². The molecule has 3 heterocycles. The van der Waals surface area contributed by atoms with Crippen LogP contribution in [-0.4, -0.2) is 45.0 Å². The Labute approximate surface area is 165 Å². The summed E-state index contributed by atoms with van der Waals surface area (Å²) in [5, 5.41) is 0. The highest BCUT2D eigenvalue weighted by Crippen LogP contribution is 2.23. The van der Waals surface area contributed by atoms with Crippen molar-refractivity contribution >= 4 is 17.1 Å². The van der Waals surface area contributed by atoms with Crippen LogP contribution in [0.5, 0.6) is 5.75 Å². The van der Waals surface area contributed by atoms with Crippen molar-refractivity contribution in [3.8, 4) is 5.75 Å². The summed E-state index contributed by atoms with van der Waals surface area (Å²) < 4.78 is 7.91. The van der Waals surface area contributed by atoms with E-state index in [1.807, 2.05) is 54.4 Å². The molecule has 0 radical (unpaired) electrons. The molecule has 28 heavy (non-hydrogen) atoms. The topological polar surface area (TPSA) is 60.2 Å². The van der Waals surface area contributed by atoms with Crippen LogP contribution in [0.4, 0.5) is 0 Å². The van der Waals surface area contributed by atoms with E-state index < -0.39 is 0 Å². The third-order valence-corrected chi connectivity index (χ3v) is 5.45. The highest BCUT2D eigenvalue weighted by Gasteiger charge is 2.28. The van der Waals surface area contributed by atoms with Crippen molar-refractivity contribution in [3.63, 3.8) is 0 Å². The normalized spacial score (nSPS) is 16.6. The van der Waals surface area contributed by atoms with Crippen LogP contribution in [0.3, 0.4) is 0 Å². The molecule has 0 unspecified atom stereocenters. The van der Waals surface area contributed by atoms with E-state index in [0.29, 0.717) is 5.92 Å². The number of amides is 1. The van der Waals surface area contributed by atoms with Crippen LogP contribution in [0, 0.1) is 12.8 Å². The van der Waals surface area contributed by atoms with Gasteiger partial charge >= 0.3 is 0 Å². The zero-order chi connectivity index (χ0) is 19.5. The van der Waals surface area contributed by atoms with E-state index in [1.165, 1.54) is 0 Å². The Bertz CT molecular complexity index is 982. The molecule has 1 aliphatic rings. The van der Waals surface area contributed by atoms with Gasteiger partial charge in [-0.1, -0.05) is 18.2 Å². The molecular formula is C22H26N4O2. The number of fused-ring (bicyclic) bond motifs is 1. The van der Waals surface area contributed by atoms with E-state index in [-0.39, 0.29) is 12.5 Å². The maximum absolute atomic E-state index is 12.6. The summed E-state index contributed by atoms with van der Waals surface area (Å²) >= 11 is 0. The van der Waals surface area contributed by atoms with Crippen LogP contribution in [0.2, 0.25) is 0 Å². The molecule has 0 N–H and O–H groups in total. The van der Waals surface area contributed by atoms with E-state index in [0.717, 1.165) is 60.8 Å². The third kappa shape index (κ3) is 3.72. The molecule has 0 bridgehead atoms. The largest absolute Gasteiger partial charge is 0.484 e. The lowest BCUT2D eigenvalue weighted by Gasteiger charge is -2.17. The fourth-order valence-corrected chi connectivity index (χ4v) is 3.93. The molecule has 1 atom stereocenters. The van der Waals surface area contributed by atoms with Gasteiger partial charge in [-0.15, -0.1) is 0 Å². The number of carbonyl (C=O) groups excluding carboxylic acids is 1. The minimum absolute atomic E-state index is 0.0522. The van der Waals surface area contributed by atoms with E-state index in [9.17, 15) is 4.79 Å². The molecule has 146 valence electrons. The molecule has 1 fully saturated rings. The predicted octanol–water partition coefficient (Wildman–Crippen LogP) is 3.23. The van der Waals surface area contributed by atoms with Crippen LogP contribution in [0.25, 0.3) is 11.2 Å². The number of hydrogen-bond donors (Lipinski definition) is 0. The number of aromatic nitrogens is 3. The molecule has 1 aromatic carbocycles. The van der Waals surface area contributed by atoms with Gasteiger partial charge in [-0.2, -0.15) is 0 Å². The van der Waals surface area contributed by atoms with E-state index in [1.54, 1.807) is 0 Å². The fraction of sp³-hybridized carbons (Fsp3) is 0.409. The van der Waals surface area contributed by atoms with Crippen LogP contribution < -0.4 is 4.74 Å². The molecular weight excluding hydrogens is 352 g/mol. The third-order valence-electron chi connectivity index (χ3n) is 5.45. The second-order valence-corrected chi connectivity index (χ2v) is 7.37.